The molecule has 0 unspecified atom stereocenters. The van der Waals surface area contributed by atoms with Crippen molar-refractivity contribution in [2.75, 3.05) is 24.5 Å². The normalized spacial score (nSPS) is 15.3. The quantitative estimate of drug-likeness (QED) is 0.828. The largest absolute Gasteiger partial charge is 0.372 e. The molecular formula is C17H24N4. The first-order valence-electron chi connectivity index (χ1n) is 7.92. The second kappa shape index (κ2) is 7.27. The molecule has 0 spiro atoms. The SMILES string of the molecule is c1cn(CCNCc2ccc(N3CCCCC3)cc2)cn1. The van der Waals surface area contributed by atoms with E-state index in [1.54, 1.807) is 0 Å². The van der Waals surface area contributed by atoms with Gasteiger partial charge in [-0.05, 0) is 37.0 Å². The van der Waals surface area contributed by atoms with E-state index in [0.29, 0.717) is 0 Å². The van der Waals surface area contributed by atoms with Crippen LogP contribution in [0.25, 0.3) is 0 Å². The standard InChI is InChI=1S/C17H24N4/c1-2-10-21(11-3-1)17-6-4-16(5-7-17)14-18-8-12-20-13-9-19-15-20/h4-7,9,13,15,18H,1-3,8,10-12,14H2. The van der Waals surface area contributed by atoms with Crippen LogP contribution < -0.4 is 10.2 Å². The van der Waals surface area contributed by atoms with Gasteiger partial charge in [-0.15, -0.1) is 0 Å². The van der Waals surface area contributed by atoms with E-state index in [2.05, 4.69) is 44.0 Å². The van der Waals surface area contributed by atoms with Crippen LogP contribution in [-0.2, 0) is 13.1 Å². The van der Waals surface area contributed by atoms with Crippen LogP contribution in [0.3, 0.4) is 0 Å². The van der Waals surface area contributed by atoms with Crippen LogP contribution in [0.15, 0.2) is 43.0 Å². The van der Waals surface area contributed by atoms with Gasteiger partial charge >= 0.3 is 0 Å². The highest BCUT2D eigenvalue weighted by Gasteiger charge is 2.10. The molecule has 112 valence electrons. The summed E-state index contributed by atoms with van der Waals surface area (Å²) in [5.41, 5.74) is 2.72. The van der Waals surface area contributed by atoms with Gasteiger partial charge in [-0.1, -0.05) is 12.1 Å². The van der Waals surface area contributed by atoms with E-state index in [1.807, 2.05) is 18.7 Å². The Hall–Kier alpha value is -1.81. The maximum absolute atomic E-state index is 4.04. The molecule has 1 aliphatic heterocycles. The van der Waals surface area contributed by atoms with Crippen molar-refractivity contribution in [2.45, 2.75) is 32.4 Å². The molecule has 2 heterocycles. The van der Waals surface area contributed by atoms with Crippen molar-refractivity contribution in [1.29, 1.82) is 0 Å². The van der Waals surface area contributed by atoms with Gasteiger partial charge in [0.15, 0.2) is 0 Å². The number of anilines is 1. The van der Waals surface area contributed by atoms with Crippen molar-refractivity contribution < 1.29 is 0 Å². The van der Waals surface area contributed by atoms with E-state index in [0.717, 1.165) is 19.6 Å². The highest BCUT2D eigenvalue weighted by atomic mass is 15.1. The van der Waals surface area contributed by atoms with Gasteiger partial charge in [-0.2, -0.15) is 0 Å². The van der Waals surface area contributed by atoms with Crippen molar-refractivity contribution in [3.63, 3.8) is 0 Å². The number of benzene rings is 1. The predicted molar refractivity (Wildman–Crippen MR) is 86.4 cm³/mol. The van der Waals surface area contributed by atoms with Gasteiger partial charge in [-0.3, -0.25) is 0 Å². The van der Waals surface area contributed by atoms with Crippen LogP contribution >= 0.6 is 0 Å². The lowest BCUT2D eigenvalue weighted by molar-refractivity contribution is 0.577. The molecule has 1 aliphatic rings. The maximum atomic E-state index is 4.04. The van der Waals surface area contributed by atoms with Gasteiger partial charge in [-0.25, -0.2) is 4.98 Å². The fraction of sp³-hybridized carbons (Fsp3) is 0.471. The Morgan fingerprint density at radius 1 is 1.05 bits per heavy atom. The summed E-state index contributed by atoms with van der Waals surface area (Å²) in [6.45, 7) is 5.27. The molecule has 0 saturated carbocycles. The van der Waals surface area contributed by atoms with Gasteiger partial charge in [0, 0.05) is 50.8 Å². The summed E-state index contributed by atoms with van der Waals surface area (Å²) in [5.74, 6) is 0. The number of nitrogens with one attached hydrogen (secondary N) is 1. The van der Waals surface area contributed by atoms with Crippen LogP contribution in [0.1, 0.15) is 24.8 Å². The first-order chi connectivity index (χ1) is 10.4. The Kier molecular flexibility index (Phi) is 4.90. The lowest BCUT2D eigenvalue weighted by Crippen LogP contribution is -2.29. The Morgan fingerprint density at radius 2 is 1.86 bits per heavy atom. The zero-order valence-corrected chi connectivity index (χ0v) is 12.5. The van der Waals surface area contributed by atoms with Crippen LogP contribution in [0, 0.1) is 0 Å². The van der Waals surface area contributed by atoms with Crippen LogP contribution in [0.2, 0.25) is 0 Å². The lowest BCUT2D eigenvalue weighted by atomic mass is 10.1. The smallest absolute Gasteiger partial charge is 0.0946 e. The number of imidazole rings is 1. The molecule has 1 aromatic carbocycles. The Labute approximate surface area is 126 Å². The molecule has 4 heteroatoms. The average molecular weight is 284 g/mol. The first kappa shape index (κ1) is 14.1. The van der Waals surface area contributed by atoms with Gasteiger partial charge in [0.05, 0.1) is 6.33 Å². The van der Waals surface area contributed by atoms with E-state index in [-0.39, 0.29) is 0 Å². The monoisotopic (exact) mass is 284 g/mol. The number of nitrogens with zero attached hydrogens (tertiary/aromatic N) is 3. The number of hydrogen-bond acceptors (Lipinski definition) is 3. The minimum Gasteiger partial charge on any atom is -0.372 e. The molecule has 2 aromatic rings. The van der Waals surface area contributed by atoms with Crippen LogP contribution in [0.5, 0.6) is 0 Å². The number of aromatic nitrogens is 2. The number of rotatable bonds is 6. The maximum Gasteiger partial charge on any atom is 0.0946 e. The predicted octanol–water partition coefficient (Wildman–Crippen LogP) is 2.66. The summed E-state index contributed by atoms with van der Waals surface area (Å²) in [4.78, 5) is 6.54. The minimum absolute atomic E-state index is 0.926. The third-order valence-electron chi connectivity index (χ3n) is 4.09. The number of piperidine rings is 1. The van der Waals surface area contributed by atoms with Gasteiger partial charge in [0.1, 0.15) is 0 Å². The van der Waals surface area contributed by atoms with E-state index in [4.69, 9.17) is 0 Å². The van der Waals surface area contributed by atoms with E-state index >= 15 is 0 Å². The Balaban J connectivity index is 1.43. The second-order valence-electron chi connectivity index (χ2n) is 5.69. The van der Waals surface area contributed by atoms with Crippen molar-refractivity contribution in [1.82, 2.24) is 14.9 Å². The van der Waals surface area contributed by atoms with Crippen molar-refractivity contribution in [3.8, 4) is 0 Å². The summed E-state index contributed by atoms with van der Waals surface area (Å²) in [6.07, 6.45) is 9.72. The number of hydrogen-bond donors (Lipinski definition) is 1. The fourth-order valence-electron chi connectivity index (χ4n) is 2.84. The molecule has 1 saturated heterocycles. The highest BCUT2D eigenvalue weighted by Crippen LogP contribution is 2.20. The minimum atomic E-state index is 0.926. The summed E-state index contributed by atoms with van der Waals surface area (Å²) < 4.78 is 2.09. The molecular weight excluding hydrogens is 260 g/mol. The molecule has 1 aromatic heterocycles. The van der Waals surface area contributed by atoms with Gasteiger partial charge < -0.3 is 14.8 Å². The molecule has 1 fully saturated rings. The third-order valence-corrected chi connectivity index (χ3v) is 4.09. The molecule has 0 aliphatic carbocycles. The molecule has 0 bridgehead atoms. The molecule has 21 heavy (non-hydrogen) atoms. The third kappa shape index (κ3) is 4.08. The van der Waals surface area contributed by atoms with E-state index in [9.17, 15) is 0 Å². The Morgan fingerprint density at radius 3 is 2.57 bits per heavy atom. The van der Waals surface area contributed by atoms with Crippen LogP contribution in [0.4, 0.5) is 5.69 Å². The van der Waals surface area contributed by atoms with Gasteiger partial charge in [0.25, 0.3) is 0 Å². The topological polar surface area (TPSA) is 33.1 Å². The molecule has 3 rings (SSSR count). The summed E-state index contributed by atoms with van der Waals surface area (Å²) >= 11 is 0. The van der Waals surface area contributed by atoms with E-state index < -0.39 is 0 Å². The lowest BCUT2D eigenvalue weighted by Gasteiger charge is -2.28. The first-order valence-corrected chi connectivity index (χ1v) is 7.92. The molecule has 4 nitrogen and oxygen atoms in total. The van der Waals surface area contributed by atoms with Crippen LogP contribution in [-0.4, -0.2) is 29.2 Å². The van der Waals surface area contributed by atoms with Crippen molar-refractivity contribution >= 4 is 5.69 Å². The van der Waals surface area contributed by atoms with Gasteiger partial charge in [0.2, 0.25) is 0 Å². The average Bonchev–Trinajstić information content (AvgIpc) is 3.06. The molecule has 1 N–H and O–H groups in total. The zero-order valence-electron chi connectivity index (χ0n) is 12.5. The van der Waals surface area contributed by atoms with Crippen molar-refractivity contribution in [2.24, 2.45) is 0 Å². The molecule has 0 radical (unpaired) electrons. The second-order valence-corrected chi connectivity index (χ2v) is 5.69. The summed E-state index contributed by atoms with van der Waals surface area (Å²) in [5, 5.41) is 3.48. The van der Waals surface area contributed by atoms with E-state index in [1.165, 1.54) is 43.6 Å². The fourth-order valence-corrected chi connectivity index (χ4v) is 2.84. The summed E-state index contributed by atoms with van der Waals surface area (Å²) in [6, 6.07) is 9.01. The Bertz CT molecular complexity index is 512. The highest BCUT2D eigenvalue weighted by molar-refractivity contribution is 5.47. The van der Waals surface area contributed by atoms with Crippen molar-refractivity contribution in [3.05, 3.63) is 48.5 Å². The summed E-state index contributed by atoms with van der Waals surface area (Å²) in [7, 11) is 0. The molecule has 0 amide bonds. The zero-order chi connectivity index (χ0) is 14.3. The molecule has 0 atom stereocenters.